The van der Waals surface area contributed by atoms with E-state index < -0.39 is 0 Å². The zero-order valence-corrected chi connectivity index (χ0v) is 9.09. The Kier molecular flexibility index (Phi) is 3.34. The first kappa shape index (κ1) is 10.6. The second-order valence-corrected chi connectivity index (χ2v) is 4.11. The lowest BCUT2D eigenvalue weighted by Gasteiger charge is -2.27. The third-order valence-electron chi connectivity index (χ3n) is 2.85. The summed E-state index contributed by atoms with van der Waals surface area (Å²) < 4.78 is 13.3. The normalized spacial score (nSPS) is 18.0. The summed E-state index contributed by atoms with van der Waals surface area (Å²) in [5, 5.41) is 3.31. The molecular weight excluding hydrogens is 191 g/mol. The zero-order valence-electron chi connectivity index (χ0n) is 9.09. The summed E-state index contributed by atoms with van der Waals surface area (Å²) >= 11 is 0. The fourth-order valence-electron chi connectivity index (χ4n) is 1.86. The van der Waals surface area contributed by atoms with Gasteiger partial charge < -0.3 is 5.32 Å². The van der Waals surface area contributed by atoms with Gasteiger partial charge in [-0.1, -0.05) is 12.1 Å². The second kappa shape index (κ2) is 4.73. The van der Waals surface area contributed by atoms with Crippen LogP contribution in [0.15, 0.2) is 18.2 Å². The molecule has 1 N–H and O–H groups in total. The molecule has 1 aromatic rings. The van der Waals surface area contributed by atoms with Gasteiger partial charge in [0, 0.05) is 32.7 Å². The number of hydrogen-bond donors (Lipinski definition) is 1. The third-order valence-corrected chi connectivity index (χ3v) is 2.85. The molecule has 0 amide bonds. The van der Waals surface area contributed by atoms with Crippen molar-refractivity contribution >= 4 is 0 Å². The number of benzene rings is 1. The highest BCUT2D eigenvalue weighted by Crippen LogP contribution is 2.11. The largest absolute Gasteiger partial charge is 0.314 e. The summed E-state index contributed by atoms with van der Waals surface area (Å²) in [5.74, 6) is -0.0948. The molecule has 0 radical (unpaired) electrons. The van der Waals surface area contributed by atoms with E-state index in [9.17, 15) is 4.39 Å². The maximum absolute atomic E-state index is 13.3. The molecule has 0 aliphatic carbocycles. The predicted octanol–water partition coefficient (Wildman–Crippen LogP) is 1.54. The van der Waals surface area contributed by atoms with E-state index in [0.717, 1.165) is 43.9 Å². The Balaban J connectivity index is 2.00. The average molecular weight is 208 g/mol. The van der Waals surface area contributed by atoms with E-state index in [1.54, 1.807) is 13.0 Å². The van der Waals surface area contributed by atoms with Crippen molar-refractivity contribution in [1.29, 1.82) is 0 Å². The molecule has 1 fully saturated rings. The van der Waals surface area contributed by atoms with Gasteiger partial charge in [-0.2, -0.15) is 0 Å². The first-order valence-corrected chi connectivity index (χ1v) is 5.44. The highest BCUT2D eigenvalue weighted by molar-refractivity contribution is 5.23. The number of rotatable bonds is 2. The molecule has 0 aromatic heterocycles. The number of halogens is 1. The lowest BCUT2D eigenvalue weighted by molar-refractivity contribution is 0.233. The van der Waals surface area contributed by atoms with Gasteiger partial charge in [0.05, 0.1) is 0 Å². The number of aryl methyl sites for hydroxylation is 1. The van der Waals surface area contributed by atoms with Crippen LogP contribution in [0.2, 0.25) is 0 Å². The lowest BCUT2D eigenvalue weighted by atomic mass is 10.1. The van der Waals surface area contributed by atoms with Gasteiger partial charge in [-0.3, -0.25) is 4.90 Å². The minimum Gasteiger partial charge on any atom is -0.314 e. The highest BCUT2D eigenvalue weighted by Gasteiger charge is 2.10. The van der Waals surface area contributed by atoms with Crippen molar-refractivity contribution in [2.75, 3.05) is 26.2 Å². The SMILES string of the molecule is Cc1ccc(CN2CCNCC2)cc1F. The summed E-state index contributed by atoms with van der Waals surface area (Å²) in [5.41, 5.74) is 1.79. The Morgan fingerprint density at radius 3 is 2.73 bits per heavy atom. The molecule has 2 rings (SSSR count). The molecule has 0 spiro atoms. The second-order valence-electron chi connectivity index (χ2n) is 4.11. The summed E-state index contributed by atoms with van der Waals surface area (Å²) in [6.07, 6.45) is 0. The van der Waals surface area contributed by atoms with E-state index in [2.05, 4.69) is 10.2 Å². The predicted molar refractivity (Wildman–Crippen MR) is 59.3 cm³/mol. The van der Waals surface area contributed by atoms with E-state index in [-0.39, 0.29) is 5.82 Å². The Bertz CT molecular complexity index is 332. The van der Waals surface area contributed by atoms with Crippen LogP contribution in [0, 0.1) is 12.7 Å². The number of hydrogen-bond acceptors (Lipinski definition) is 2. The number of nitrogens with zero attached hydrogens (tertiary/aromatic N) is 1. The van der Waals surface area contributed by atoms with Crippen LogP contribution >= 0.6 is 0 Å². The van der Waals surface area contributed by atoms with E-state index in [4.69, 9.17) is 0 Å². The number of piperazine rings is 1. The van der Waals surface area contributed by atoms with Crippen LogP contribution in [0.3, 0.4) is 0 Å². The minimum absolute atomic E-state index is 0.0948. The Hall–Kier alpha value is -0.930. The van der Waals surface area contributed by atoms with Crippen LogP contribution in [-0.2, 0) is 6.54 Å². The maximum atomic E-state index is 13.3. The van der Waals surface area contributed by atoms with Gasteiger partial charge in [0.2, 0.25) is 0 Å². The van der Waals surface area contributed by atoms with Gasteiger partial charge in [0.25, 0.3) is 0 Å². The monoisotopic (exact) mass is 208 g/mol. The van der Waals surface area contributed by atoms with Crippen LogP contribution in [0.5, 0.6) is 0 Å². The Labute approximate surface area is 90.1 Å². The molecular formula is C12H17FN2. The van der Waals surface area contributed by atoms with Crippen molar-refractivity contribution in [2.45, 2.75) is 13.5 Å². The lowest BCUT2D eigenvalue weighted by Crippen LogP contribution is -2.42. The van der Waals surface area contributed by atoms with Gasteiger partial charge in [-0.25, -0.2) is 4.39 Å². The smallest absolute Gasteiger partial charge is 0.126 e. The standard InChI is InChI=1S/C12H17FN2/c1-10-2-3-11(8-12(10)13)9-15-6-4-14-5-7-15/h2-3,8,14H,4-7,9H2,1H3. The van der Waals surface area contributed by atoms with Crippen molar-refractivity contribution in [3.8, 4) is 0 Å². The van der Waals surface area contributed by atoms with Gasteiger partial charge in [-0.15, -0.1) is 0 Å². The van der Waals surface area contributed by atoms with E-state index in [1.807, 2.05) is 12.1 Å². The fraction of sp³-hybridized carbons (Fsp3) is 0.500. The van der Waals surface area contributed by atoms with Crippen molar-refractivity contribution < 1.29 is 4.39 Å². The van der Waals surface area contributed by atoms with Gasteiger partial charge in [0.15, 0.2) is 0 Å². The average Bonchev–Trinajstić information content (AvgIpc) is 2.25. The molecule has 0 bridgehead atoms. The van der Waals surface area contributed by atoms with Crippen LogP contribution in [0.4, 0.5) is 4.39 Å². The number of nitrogens with one attached hydrogen (secondary N) is 1. The van der Waals surface area contributed by atoms with Crippen molar-refractivity contribution in [2.24, 2.45) is 0 Å². The molecule has 1 aliphatic heterocycles. The molecule has 0 saturated carbocycles. The molecule has 3 heteroatoms. The fourth-order valence-corrected chi connectivity index (χ4v) is 1.86. The molecule has 82 valence electrons. The van der Waals surface area contributed by atoms with Gasteiger partial charge in [0.1, 0.15) is 5.82 Å². The van der Waals surface area contributed by atoms with Crippen LogP contribution in [0.25, 0.3) is 0 Å². The first-order chi connectivity index (χ1) is 7.25. The molecule has 1 aliphatic rings. The van der Waals surface area contributed by atoms with Crippen molar-refractivity contribution in [1.82, 2.24) is 10.2 Å². The Morgan fingerprint density at radius 2 is 2.07 bits per heavy atom. The summed E-state index contributed by atoms with van der Waals surface area (Å²) in [4.78, 5) is 2.35. The van der Waals surface area contributed by atoms with Crippen LogP contribution in [0.1, 0.15) is 11.1 Å². The summed E-state index contributed by atoms with van der Waals surface area (Å²) in [7, 11) is 0. The molecule has 15 heavy (non-hydrogen) atoms. The van der Waals surface area contributed by atoms with E-state index >= 15 is 0 Å². The third kappa shape index (κ3) is 2.76. The van der Waals surface area contributed by atoms with E-state index in [0.29, 0.717) is 0 Å². The topological polar surface area (TPSA) is 15.3 Å². The first-order valence-electron chi connectivity index (χ1n) is 5.44. The summed E-state index contributed by atoms with van der Waals surface area (Å²) in [6.45, 7) is 6.83. The van der Waals surface area contributed by atoms with Gasteiger partial charge in [-0.05, 0) is 24.1 Å². The molecule has 0 unspecified atom stereocenters. The maximum Gasteiger partial charge on any atom is 0.126 e. The van der Waals surface area contributed by atoms with Crippen molar-refractivity contribution in [3.05, 3.63) is 35.1 Å². The highest BCUT2D eigenvalue weighted by atomic mass is 19.1. The molecule has 2 nitrogen and oxygen atoms in total. The van der Waals surface area contributed by atoms with Gasteiger partial charge >= 0.3 is 0 Å². The molecule has 1 aromatic carbocycles. The Morgan fingerprint density at radius 1 is 1.33 bits per heavy atom. The zero-order chi connectivity index (χ0) is 10.7. The minimum atomic E-state index is -0.0948. The molecule has 0 atom stereocenters. The van der Waals surface area contributed by atoms with Crippen molar-refractivity contribution in [3.63, 3.8) is 0 Å². The molecule has 1 heterocycles. The van der Waals surface area contributed by atoms with Crippen LogP contribution < -0.4 is 5.32 Å². The quantitative estimate of drug-likeness (QED) is 0.793. The van der Waals surface area contributed by atoms with E-state index in [1.165, 1.54) is 0 Å². The molecule has 1 saturated heterocycles. The van der Waals surface area contributed by atoms with Crippen LogP contribution in [-0.4, -0.2) is 31.1 Å². The summed E-state index contributed by atoms with van der Waals surface area (Å²) in [6, 6.07) is 5.52.